The number of allylic oxidation sites excluding steroid dienone is 1. The molecule has 2 aromatic carbocycles. The highest BCUT2D eigenvalue weighted by atomic mass is 35.5. The number of carbonyl (C=O) groups is 1. The van der Waals surface area contributed by atoms with Crippen LogP contribution in [0.25, 0.3) is 11.4 Å². The third kappa shape index (κ3) is 5.08. The van der Waals surface area contributed by atoms with Gasteiger partial charge >= 0.3 is 0 Å². The maximum atomic E-state index is 12.2. The predicted molar refractivity (Wildman–Crippen MR) is 116 cm³/mol. The van der Waals surface area contributed by atoms with E-state index >= 15 is 0 Å². The molecule has 0 saturated carbocycles. The van der Waals surface area contributed by atoms with Crippen LogP contribution in [-0.2, 0) is 11.3 Å². The second kappa shape index (κ2) is 9.47. The van der Waals surface area contributed by atoms with Gasteiger partial charge in [-0.3, -0.25) is 9.36 Å². The van der Waals surface area contributed by atoms with Crippen molar-refractivity contribution in [3.05, 3.63) is 70.2 Å². The van der Waals surface area contributed by atoms with E-state index in [1.165, 1.54) is 11.8 Å². The SMILES string of the molecule is C=CCn1c(SCC(=O)Nc2ccc(Cl)cc2)nnc1-c1ccc(Cl)c(Cl)c1. The van der Waals surface area contributed by atoms with Gasteiger partial charge in [0.25, 0.3) is 0 Å². The van der Waals surface area contributed by atoms with Crippen molar-refractivity contribution in [1.29, 1.82) is 0 Å². The molecule has 0 radical (unpaired) electrons. The Morgan fingerprint density at radius 3 is 2.54 bits per heavy atom. The Kier molecular flexibility index (Phi) is 7.02. The number of amides is 1. The average molecular weight is 454 g/mol. The zero-order valence-electron chi connectivity index (χ0n) is 14.5. The minimum Gasteiger partial charge on any atom is -0.325 e. The molecule has 0 atom stereocenters. The van der Waals surface area contributed by atoms with Crippen molar-refractivity contribution in [2.45, 2.75) is 11.7 Å². The van der Waals surface area contributed by atoms with Gasteiger partial charge < -0.3 is 5.32 Å². The lowest BCUT2D eigenvalue weighted by atomic mass is 10.2. The molecular weight excluding hydrogens is 439 g/mol. The van der Waals surface area contributed by atoms with E-state index in [1.807, 2.05) is 10.6 Å². The van der Waals surface area contributed by atoms with Crippen molar-refractivity contribution in [2.24, 2.45) is 0 Å². The van der Waals surface area contributed by atoms with Crippen LogP contribution in [-0.4, -0.2) is 26.4 Å². The zero-order chi connectivity index (χ0) is 20.1. The van der Waals surface area contributed by atoms with Crippen LogP contribution < -0.4 is 5.32 Å². The number of hydrogen-bond donors (Lipinski definition) is 1. The molecule has 1 heterocycles. The quantitative estimate of drug-likeness (QED) is 0.361. The molecule has 144 valence electrons. The maximum Gasteiger partial charge on any atom is 0.234 e. The Morgan fingerprint density at radius 1 is 1.11 bits per heavy atom. The lowest BCUT2D eigenvalue weighted by Crippen LogP contribution is -2.14. The molecule has 1 aromatic heterocycles. The maximum absolute atomic E-state index is 12.2. The van der Waals surface area contributed by atoms with Gasteiger partial charge in [0.1, 0.15) is 0 Å². The van der Waals surface area contributed by atoms with E-state index in [0.717, 1.165) is 5.56 Å². The molecule has 0 fully saturated rings. The number of hydrogen-bond acceptors (Lipinski definition) is 4. The average Bonchev–Trinajstić information content (AvgIpc) is 3.07. The van der Waals surface area contributed by atoms with E-state index in [1.54, 1.807) is 42.5 Å². The number of halogens is 3. The molecule has 0 saturated heterocycles. The molecule has 3 aromatic rings. The fraction of sp³-hybridized carbons (Fsp3) is 0.105. The Morgan fingerprint density at radius 2 is 1.86 bits per heavy atom. The van der Waals surface area contributed by atoms with Crippen molar-refractivity contribution in [1.82, 2.24) is 14.8 Å². The number of aromatic nitrogens is 3. The number of benzene rings is 2. The zero-order valence-corrected chi connectivity index (χ0v) is 17.6. The molecule has 3 rings (SSSR count). The van der Waals surface area contributed by atoms with E-state index in [4.69, 9.17) is 34.8 Å². The summed E-state index contributed by atoms with van der Waals surface area (Å²) in [4.78, 5) is 12.2. The topological polar surface area (TPSA) is 59.8 Å². The molecule has 0 aliphatic rings. The molecule has 9 heteroatoms. The van der Waals surface area contributed by atoms with Gasteiger partial charge in [0.05, 0.1) is 15.8 Å². The third-order valence-electron chi connectivity index (χ3n) is 3.67. The molecule has 5 nitrogen and oxygen atoms in total. The summed E-state index contributed by atoms with van der Waals surface area (Å²) in [6.45, 7) is 4.27. The number of nitrogens with one attached hydrogen (secondary N) is 1. The van der Waals surface area contributed by atoms with E-state index in [2.05, 4.69) is 22.1 Å². The highest BCUT2D eigenvalue weighted by molar-refractivity contribution is 7.99. The molecule has 0 spiro atoms. The molecule has 1 amide bonds. The first-order valence-electron chi connectivity index (χ1n) is 8.15. The minimum atomic E-state index is -0.156. The number of anilines is 1. The second-order valence-corrected chi connectivity index (χ2v) is 7.87. The summed E-state index contributed by atoms with van der Waals surface area (Å²) >= 11 is 19.2. The van der Waals surface area contributed by atoms with Crippen LogP contribution in [0, 0.1) is 0 Å². The van der Waals surface area contributed by atoms with Crippen molar-refractivity contribution < 1.29 is 4.79 Å². The molecular formula is C19H15Cl3N4OS. The molecule has 0 aliphatic carbocycles. The van der Waals surface area contributed by atoms with Gasteiger partial charge in [0.2, 0.25) is 5.91 Å². The molecule has 1 N–H and O–H groups in total. The Balaban J connectivity index is 1.73. The molecule has 28 heavy (non-hydrogen) atoms. The monoisotopic (exact) mass is 452 g/mol. The van der Waals surface area contributed by atoms with Crippen molar-refractivity contribution in [3.63, 3.8) is 0 Å². The summed E-state index contributed by atoms with van der Waals surface area (Å²) in [6.07, 6.45) is 1.74. The van der Waals surface area contributed by atoms with Crippen LogP contribution in [0.15, 0.2) is 60.3 Å². The lowest BCUT2D eigenvalue weighted by Gasteiger charge is -2.09. The summed E-state index contributed by atoms with van der Waals surface area (Å²) in [7, 11) is 0. The van der Waals surface area contributed by atoms with Gasteiger partial charge in [-0.1, -0.05) is 52.6 Å². The van der Waals surface area contributed by atoms with Gasteiger partial charge in [-0.05, 0) is 42.5 Å². The predicted octanol–water partition coefficient (Wildman–Crippen LogP) is 5.82. The summed E-state index contributed by atoms with van der Waals surface area (Å²) < 4.78 is 1.87. The summed E-state index contributed by atoms with van der Waals surface area (Å²) in [6, 6.07) is 12.2. The Hall–Kier alpha value is -1.99. The highest BCUT2D eigenvalue weighted by Crippen LogP contribution is 2.29. The van der Waals surface area contributed by atoms with Crippen LogP contribution in [0.4, 0.5) is 5.69 Å². The van der Waals surface area contributed by atoms with E-state index in [0.29, 0.717) is 38.3 Å². The summed E-state index contributed by atoms with van der Waals surface area (Å²) in [5, 5.41) is 13.4. The van der Waals surface area contributed by atoms with Gasteiger partial charge in [-0.15, -0.1) is 16.8 Å². The standard InChI is InChI=1S/C19H15Cl3N4OS/c1-2-9-26-18(12-3-8-15(21)16(22)10-12)24-25-19(26)28-11-17(27)23-14-6-4-13(20)5-7-14/h2-8,10H,1,9,11H2,(H,23,27). The molecule has 0 bridgehead atoms. The smallest absolute Gasteiger partial charge is 0.234 e. The number of nitrogens with zero attached hydrogens (tertiary/aromatic N) is 3. The Bertz CT molecular complexity index is 1000. The normalized spacial score (nSPS) is 10.7. The summed E-state index contributed by atoms with van der Waals surface area (Å²) in [5.74, 6) is 0.648. The van der Waals surface area contributed by atoms with Gasteiger partial charge in [0, 0.05) is 22.8 Å². The highest BCUT2D eigenvalue weighted by Gasteiger charge is 2.16. The fourth-order valence-electron chi connectivity index (χ4n) is 2.40. The van der Waals surface area contributed by atoms with Crippen molar-refractivity contribution in [3.8, 4) is 11.4 Å². The fourth-order valence-corrected chi connectivity index (χ4v) is 3.57. The van der Waals surface area contributed by atoms with E-state index < -0.39 is 0 Å². The van der Waals surface area contributed by atoms with Crippen molar-refractivity contribution in [2.75, 3.05) is 11.1 Å². The largest absolute Gasteiger partial charge is 0.325 e. The second-order valence-electron chi connectivity index (χ2n) is 5.68. The first-order valence-corrected chi connectivity index (χ1v) is 10.3. The minimum absolute atomic E-state index is 0.156. The summed E-state index contributed by atoms with van der Waals surface area (Å²) in [5.41, 5.74) is 1.46. The Labute approximate surface area is 181 Å². The first-order chi connectivity index (χ1) is 13.5. The number of carbonyl (C=O) groups excluding carboxylic acids is 1. The van der Waals surface area contributed by atoms with Gasteiger partial charge in [-0.25, -0.2) is 0 Å². The first kappa shape index (κ1) is 20.7. The van der Waals surface area contributed by atoms with Crippen LogP contribution in [0.1, 0.15) is 0 Å². The van der Waals surface area contributed by atoms with Crippen LogP contribution in [0.2, 0.25) is 15.1 Å². The van der Waals surface area contributed by atoms with Crippen LogP contribution >= 0.6 is 46.6 Å². The van der Waals surface area contributed by atoms with Crippen LogP contribution in [0.3, 0.4) is 0 Å². The number of rotatable bonds is 7. The van der Waals surface area contributed by atoms with E-state index in [9.17, 15) is 4.79 Å². The van der Waals surface area contributed by atoms with Crippen LogP contribution in [0.5, 0.6) is 0 Å². The van der Waals surface area contributed by atoms with Gasteiger partial charge in [-0.2, -0.15) is 0 Å². The lowest BCUT2D eigenvalue weighted by molar-refractivity contribution is -0.113. The number of thioether (sulfide) groups is 1. The molecule has 0 aliphatic heterocycles. The van der Waals surface area contributed by atoms with E-state index in [-0.39, 0.29) is 11.7 Å². The third-order valence-corrected chi connectivity index (χ3v) is 5.62. The van der Waals surface area contributed by atoms with Crippen molar-refractivity contribution >= 4 is 58.2 Å². The molecule has 0 unspecified atom stereocenters. The van der Waals surface area contributed by atoms with Gasteiger partial charge in [0.15, 0.2) is 11.0 Å².